The van der Waals surface area contributed by atoms with Gasteiger partial charge in [-0.1, -0.05) is 12.2 Å². The van der Waals surface area contributed by atoms with E-state index in [0.717, 1.165) is 0 Å². The van der Waals surface area contributed by atoms with Crippen LogP contribution in [-0.2, 0) is 0 Å². The van der Waals surface area contributed by atoms with E-state index in [1.54, 1.807) is 0 Å². The highest BCUT2D eigenvalue weighted by Gasteiger charge is 2.53. The van der Waals surface area contributed by atoms with Crippen molar-refractivity contribution >= 4 is 9.52 Å². The van der Waals surface area contributed by atoms with Crippen LogP contribution >= 0.6 is 0 Å². The molecule has 2 unspecified atom stereocenters. The monoisotopic (exact) mass is 256 g/mol. The molecule has 0 fully saturated rings. The molecular formula is C9H6F6Si. The third-order valence-corrected chi connectivity index (χ3v) is 4.27. The number of fused-ring (bicyclic) bond motifs is 1. The lowest BCUT2D eigenvalue weighted by atomic mass is 9.86. The molecule has 3 rings (SSSR count). The summed E-state index contributed by atoms with van der Waals surface area (Å²) in [6.07, 6.45) is -7.26. The van der Waals surface area contributed by atoms with E-state index < -0.39 is 35.0 Å². The van der Waals surface area contributed by atoms with Crippen LogP contribution in [0.5, 0.6) is 0 Å². The molecule has 0 amide bonds. The molecule has 0 aromatic heterocycles. The molecule has 0 spiro atoms. The number of allylic oxidation sites excluding steroid dienone is 4. The summed E-state index contributed by atoms with van der Waals surface area (Å²) >= 11 is 0. The lowest BCUT2D eigenvalue weighted by molar-refractivity contribution is -0.121. The average Bonchev–Trinajstić information content (AvgIpc) is 2.15. The summed E-state index contributed by atoms with van der Waals surface area (Å²) in [4.78, 5) is 0. The fraction of sp³-hybridized carbons (Fsp3) is 0.556. The highest BCUT2D eigenvalue weighted by atomic mass is 28.2. The first-order chi connectivity index (χ1) is 7.21. The molecule has 2 heterocycles. The Balaban J connectivity index is 2.56. The number of rotatable bonds is 0. The topological polar surface area (TPSA) is 0 Å². The second-order valence-electron chi connectivity index (χ2n) is 3.70. The van der Waals surface area contributed by atoms with Gasteiger partial charge in [0, 0.05) is 17.1 Å². The molecule has 0 N–H and O–H groups in total. The Morgan fingerprint density at radius 2 is 1.50 bits per heavy atom. The molecule has 2 bridgehead atoms. The Morgan fingerprint density at radius 3 is 1.81 bits per heavy atom. The Labute approximate surface area is 89.8 Å². The summed E-state index contributed by atoms with van der Waals surface area (Å²) in [7, 11) is -0.103. The van der Waals surface area contributed by atoms with E-state index in [0.29, 0.717) is 0 Å². The van der Waals surface area contributed by atoms with Crippen molar-refractivity contribution in [3.05, 3.63) is 23.3 Å². The molecule has 3 aliphatic rings. The predicted octanol–water partition coefficient (Wildman–Crippen LogP) is 3.52. The highest BCUT2D eigenvalue weighted by Crippen LogP contribution is 2.52. The minimum Gasteiger partial charge on any atom is -0.166 e. The van der Waals surface area contributed by atoms with Crippen LogP contribution in [0.15, 0.2) is 23.3 Å². The predicted molar refractivity (Wildman–Crippen MR) is 46.1 cm³/mol. The molecule has 7 heteroatoms. The van der Waals surface area contributed by atoms with Gasteiger partial charge in [-0.2, -0.15) is 26.3 Å². The van der Waals surface area contributed by atoms with E-state index in [4.69, 9.17) is 0 Å². The first kappa shape index (κ1) is 11.8. The molecule has 0 nitrogen and oxygen atoms in total. The zero-order valence-electron chi connectivity index (χ0n) is 7.78. The minimum atomic E-state index is -4.89. The highest BCUT2D eigenvalue weighted by molar-refractivity contribution is 6.41. The van der Waals surface area contributed by atoms with Gasteiger partial charge in [-0.25, -0.2) is 0 Å². The molecule has 0 saturated heterocycles. The largest absolute Gasteiger partial charge is 0.413 e. The van der Waals surface area contributed by atoms with Crippen molar-refractivity contribution in [3.8, 4) is 0 Å². The first-order valence-corrected chi connectivity index (χ1v) is 5.80. The van der Waals surface area contributed by atoms with Crippen molar-refractivity contribution < 1.29 is 26.3 Å². The Kier molecular flexibility index (Phi) is 2.48. The van der Waals surface area contributed by atoms with Gasteiger partial charge in [-0.05, 0) is 11.6 Å². The van der Waals surface area contributed by atoms with E-state index in [1.165, 1.54) is 12.2 Å². The fourth-order valence-corrected chi connectivity index (χ4v) is 3.71. The fourth-order valence-electron chi connectivity index (χ4n) is 2.09. The van der Waals surface area contributed by atoms with E-state index >= 15 is 0 Å². The maximum absolute atomic E-state index is 12.6. The van der Waals surface area contributed by atoms with E-state index in [9.17, 15) is 26.3 Å². The lowest BCUT2D eigenvalue weighted by Gasteiger charge is -2.36. The summed E-state index contributed by atoms with van der Waals surface area (Å²) in [5.41, 5.74) is -3.86. The molecule has 0 aromatic rings. The molecule has 2 atom stereocenters. The van der Waals surface area contributed by atoms with Crippen molar-refractivity contribution in [2.24, 2.45) is 5.92 Å². The smallest absolute Gasteiger partial charge is 0.166 e. The Morgan fingerprint density at radius 1 is 0.938 bits per heavy atom. The molecule has 0 aromatic carbocycles. The van der Waals surface area contributed by atoms with Crippen molar-refractivity contribution in [3.63, 3.8) is 0 Å². The molecule has 88 valence electrons. The number of alkyl halides is 6. The van der Waals surface area contributed by atoms with E-state index in [-0.39, 0.29) is 15.6 Å². The number of hydrogen-bond acceptors (Lipinski definition) is 0. The van der Waals surface area contributed by atoms with Crippen LogP contribution in [-0.4, -0.2) is 21.9 Å². The van der Waals surface area contributed by atoms with Gasteiger partial charge in [-0.3, -0.25) is 0 Å². The van der Waals surface area contributed by atoms with Gasteiger partial charge < -0.3 is 0 Å². The van der Waals surface area contributed by atoms with Crippen LogP contribution in [0.25, 0.3) is 0 Å². The third-order valence-electron chi connectivity index (χ3n) is 2.68. The Bertz CT molecular complexity index is 327. The van der Waals surface area contributed by atoms with Gasteiger partial charge in [0.15, 0.2) is 0 Å². The molecule has 16 heavy (non-hydrogen) atoms. The van der Waals surface area contributed by atoms with Gasteiger partial charge >= 0.3 is 12.4 Å². The summed E-state index contributed by atoms with van der Waals surface area (Å²) < 4.78 is 75.5. The third kappa shape index (κ3) is 1.81. The summed E-state index contributed by atoms with van der Waals surface area (Å²) in [6, 6.07) is 0.176. The van der Waals surface area contributed by atoms with Crippen molar-refractivity contribution in [1.29, 1.82) is 0 Å². The van der Waals surface area contributed by atoms with Crippen LogP contribution in [0.3, 0.4) is 0 Å². The van der Waals surface area contributed by atoms with Crippen molar-refractivity contribution in [2.75, 3.05) is 0 Å². The molecule has 2 radical (unpaired) electrons. The normalized spacial score (nSPS) is 30.1. The number of hydrogen-bond donors (Lipinski definition) is 0. The molecular weight excluding hydrogens is 250 g/mol. The Hall–Kier alpha value is -0.723. The number of halogens is 6. The van der Waals surface area contributed by atoms with Gasteiger partial charge in [0.2, 0.25) is 0 Å². The second kappa shape index (κ2) is 3.38. The zero-order valence-corrected chi connectivity index (χ0v) is 8.78. The summed E-state index contributed by atoms with van der Waals surface area (Å²) in [6.45, 7) is 0. The van der Waals surface area contributed by atoms with Gasteiger partial charge in [0.25, 0.3) is 0 Å². The maximum Gasteiger partial charge on any atom is 0.413 e. The van der Waals surface area contributed by atoms with Gasteiger partial charge in [-0.15, -0.1) is 0 Å². The van der Waals surface area contributed by atoms with Gasteiger partial charge in [0.05, 0.1) is 9.52 Å². The van der Waals surface area contributed by atoms with Crippen LogP contribution in [0.4, 0.5) is 26.3 Å². The summed E-state index contributed by atoms with van der Waals surface area (Å²) in [5.74, 6) is -1.11. The van der Waals surface area contributed by atoms with Crippen LogP contribution in [0.2, 0.25) is 11.6 Å². The van der Waals surface area contributed by atoms with Crippen LogP contribution in [0, 0.1) is 5.92 Å². The molecule has 0 saturated carbocycles. The van der Waals surface area contributed by atoms with Crippen LogP contribution < -0.4 is 0 Å². The molecule has 2 aliphatic heterocycles. The minimum absolute atomic E-state index is 0.103. The van der Waals surface area contributed by atoms with E-state index in [2.05, 4.69) is 0 Å². The zero-order chi connectivity index (χ0) is 12.1. The first-order valence-electron chi connectivity index (χ1n) is 4.51. The van der Waals surface area contributed by atoms with Gasteiger partial charge in [0.1, 0.15) is 0 Å². The maximum atomic E-state index is 12.6. The summed E-state index contributed by atoms with van der Waals surface area (Å²) in [5, 5.41) is 0. The average molecular weight is 256 g/mol. The van der Waals surface area contributed by atoms with Crippen molar-refractivity contribution in [1.82, 2.24) is 0 Å². The van der Waals surface area contributed by atoms with E-state index in [1.807, 2.05) is 0 Å². The van der Waals surface area contributed by atoms with Crippen LogP contribution in [0.1, 0.15) is 0 Å². The standard InChI is InChI=1S/C9H6F6Si/c10-8(11,12)6-4-1-2-5(16-3-4)7(6)9(13,14)15/h1-2,4-5H,3H2. The quantitative estimate of drug-likeness (QED) is 0.353. The SMILES string of the molecule is FC(F)(F)C1=C(C(F)(F)F)C2C=CC1C[Si]2. The van der Waals surface area contributed by atoms with Crippen molar-refractivity contribution in [2.45, 2.75) is 23.9 Å². The molecule has 1 aliphatic carbocycles. The second-order valence-corrected chi connectivity index (χ2v) is 5.14. The lowest BCUT2D eigenvalue weighted by Crippen LogP contribution is -2.36.